The quantitative estimate of drug-likeness (QED) is 0.828. The Bertz CT molecular complexity index is 667. The Labute approximate surface area is 135 Å². The first-order valence-electron chi connectivity index (χ1n) is 7.39. The fourth-order valence-electron chi connectivity index (χ4n) is 2.16. The maximum atomic E-state index is 5.73. The molecular formula is C15H21N5OS. The maximum Gasteiger partial charge on any atom is 0.199 e. The van der Waals surface area contributed by atoms with E-state index in [1.165, 1.54) is 0 Å². The summed E-state index contributed by atoms with van der Waals surface area (Å²) in [5, 5.41) is 0. The lowest BCUT2D eigenvalue weighted by atomic mass is 10.2. The Hall–Kier alpha value is -1.99. The molecule has 22 heavy (non-hydrogen) atoms. The van der Waals surface area contributed by atoms with Crippen molar-refractivity contribution in [2.24, 2.45) is 0 Å². The fourth-order valence-corrected chi connectivity index (χ4v) is 2.37. The van der Waals surface area contributed by atoms with Gasteiger partial charge < -0.3 is 20.4 Å². The van der Waals surface area contributed by atoms with E-state index in [9.17, 15) is 0 Å². The standard InChI is InChI=1S/C13H15N5OS.C2H6/c14-11-8-10(16-13(20)17-11)9-2-1-3-12(15-9)18-4-6-19-7-5-18;1-2/h1-3,8H,4-7H2,(H3,14,16,17,20);1-2H3. The third-order valence-electron chi connectivity index (χ3n) is 3.11. The van der Waals surface area contributed by atoms with Gasteiger partial charge in [-0.2, -0.15) is 0 Å². The molecule has 2 aromatic heterocycles. The zero-order valence-corrected chi connectivity index (χ0v) is 13.7. The summed E-state index contributed by atoms with van der Waals surface area (Å²) >= 11 is 5.04. The molecule has 0 saturated carbocycles. The van der Waals surface area contributed by atoms with E-state index in [2.05, 4.69) is 19.9 Å². The van der Waals surface area contributed by atoms with Gasteiger partial charge in [0.25, 0.3) is 0 Å². The molecule has 3 N–H and O–H groups in total. The van der Waals surface area contributed by atoms with Crippen LogP contribution in [0.25, 0.3) is 11.4 Å². The van der Waals surface area contributed by atoms with Gasteiger partial charge in [-0.15, -0.1) is 0 Å². The van der Waals surface area contributed by atoms with Crippen molar-refractivity contribution in [3.63, 3.8) is 0 Å². The lowest BCUT2D eigenvalue weighted by Crippen LogP contribution is -2.36. The van der Waals surface area contributed by atoms with Gasteiger partial charge in [-0.3, -0.25) is 0 Å². The lowest BCUT2D eigenvalue weighted by molar-refractivity contribution is 0.122. The van der Waals surface area contributed by atoms with E-state index in [-0.39, 0.29) is 0 Å². The molecule has 1 aliphatic heterocycles. The van der Waals surface area contributed by atoms with Crippen molar-refractivity contribution in [3.05, 3.63) is 29.0 Å². The van der Waals surface area contributed by atoms with Gasteiger partial charge in [-0.1, -0.05) is 19.9 Å². The van der Waals surface area contributed by atoms with Gasteiger partial charge in [0.2, 0.25) is 0 Å². The first kappa shape index (κ1) is 16.4. The van der Waals surface area contributed by atoms with Crippen molar-refractivity contribution < 1.29 is 4.74 Å². The maximum absolute atomic E-state index is 5.73. The SMILES string of the molecule is CC.Nc1cc(-c2cccc(N3CCOCC3)n2)[nH]c(=S)n1. The van der Waals surface area contributed by atoms with Crippen LogP contribution in [0.5, 0.6) is 0 Å². The van der Waals surface area contributed by atoms with Gasteiger partial charge in [-0.25, -0.2) is 9.97 Å². The first-order chi connectivity index (χ1) is 10.7. The number of nitrogens with one attached hydrogen (secondary N) is 1. The largest absolute Gasteiger partial charge is 0.384 e. The van der Waals surface area contributed by atoms with Crippen LogP contribution in [-0.4, -0.2) is 41.3 Å². The minimum Gasteiger partial charge on any atom is -0.384 e. The molecule has 1 aliphatic rings. The predicted octanol–water partition coefficient (Wildman–Crippen LogP) is 2.65. The molecule has 6 nitrogen and oxygen atoms in total. The molecule has 0 bridgehead atoms. The molecule has 2 aromatic rings. The molecule has 0 amide bonds. The summed E-state index contributed by atoms with van der Waals surface area (Å²) in [6.07, 6.45) is 0. The molecule has 0 aliphatic carbocycles. The summed E-state index contributed by atoms with van der Waals surface area (Å²) < 4.78 is 5.71. The second kappa shape index (κ2) is 7.86. The first-order valence-corrected chi connectivity index (χ1v) is 7.80. The molecule has 0 aromatic carbocycles. The van der Waals surface area contributed by atoms with E-state index < -0.39 is 0 Å². The molecule has 0 radical (unpaired) electrons. The molecule has 0 atom stereocenters. The van der Waals surface area contributed by atoms with Crippen molar-refractivity contribution in [1.82, 2.24) is 15.0 Å². The number of aromatic amines is 1. The van der Waals surface area contributed by atoms with Gasteiger partial charge in [0.15, 0.2) is 4.77 Å². The van der Waals surface area contributed by atoms with Crippen molar-refractivity contribution in [1.29, 1.82) is 0 Å². The summed E-state index contributed by atoms with van der Waals surface area (Å²) in [7, 11) is 0. The van der Waals surface area contributed by atoms with E-state index in [0.29, 0.717) is 10.6 Å². The highest BCUT2D eigenvalue weighted by molar-refractivity contribution is 7.71. The molecule has 1 saturated heterocycles. The summed E-state index contributed by atoms with van der Waals surface area (Å²) in [6, 6.07) is 7.62. The van der Waals surface area contributed by atoms with E-state index in [1.54, 1.807) is 6.07 Å². The number of H-pyrrole nitrogens is 1. The van der Waals surface area contributed by atoms with Crippen LogP contribution < -0.4 is 10.6 Å². The minimum atomic E-state index is 0.360. The van der Waals surface area contributed by atoms with Crippen molar-refractivity contribution in [2.75, 3.05) is 36.9 Å². The van der Waals surface area contributed by atoms with E-state index in [0.717, 1.165) is 43.5 Å². The number of nitrogens with zero attached hydrogens (tertiary/aromatic N) is 3. The summed E-state index contributed by atoms with van der Waals surface area (Å²) in [5.74, 6) is 1.32. The van der Waals surface area contributed by atoms with Crippen molar-refractivity contribution >= 4 is 23.9 Å². The molecule has 0 spiro atoms. The van der Waals surface area contributed by atoms with Crippen LogP contribution >= 0.6 is 12.2 Å². The highest BCUT2D eigenvalue weighted by atomic mass is 32.1. The Morgan fingerprint density at radius 1 is 1.23 bits per heavy atom. The van der Waals surface area contributed by atoms with Crippen LogP contribution in [-0.2, 0) is 4.74 Å². The van der Waals surface area contributed by atoms with Crippen LogP contribution in [0.3, 0.4) is 0 Å². The third-order valence-corrected chi connectivity index (χ3v) is 3.30. The Kier molecular flexibility index (Phi) is 5.85. The highest BCUT2D eigenvalue weighted by Crippen LogP contribution is 2.20. The molecule has 0 unspecified atom stereocenters. The zero-order chi connectivity index (χ0) is 15.9. The minimum absolute atomic E-state index is 0.360. The Balaban J connectivity index is 0.000000847. The third kappa shape index (κ3) is 4.02. The van der Waals surface area contributed by atoms with E-state index in [4.69, 9.17) is 22.7 Å². The lowest BCUT2D eigenvalue weighted by Gasteiger charge is -2.28. The van der Waals surface area contributed by atoms with E-state index in [1.807, 2.05) is 32.0 Å². The fraction of sp³-hybridized carbons (Fsp3) is 0.400. The normalized spacial score (nSPS) is 14.2. The second-order valence-corrected chi connectivity index (χ2v) is 4.89. The number of hydrogen-bond acceptors (Lipinski definition) is 6. The summed E-state index contributed by atoms with van der Waals surface area (Å²) in [6.45, 7) is 7.17. The van der Waals surface area contributed by atoms with Gasteiger partial charge in [0.05, 0.1) is 24.6 Å². The number of hydrogen-bond donors (Lipinski definition) is 2. The number of ether oxygens (including phenoxy) is 1. The molecule has 3 heterocycles. The molecule has 7 heteroatoms. The smallest absolute Gasteiger partial charge is 0.199 e. The van der Waals surface area contributed by atoms with E-state index >= 15 is 0 Å². The van der Waals surface area contributed by atoms with Crippen molar-refractivity contribution in [3.8, 4) is 11.4 Å². The molecule has 3 rings (SSSR count). The second-order valence-electron chi connectivity index (χ2n) is 4.51. The van der Waals surface area contributed by atoms with Gasteiger partial charge in [-0.05, 0) is 24.4 Å². The van der Waals surface area contributed by atoms with Gasteiger partial charge in [0, 0.05) is 19.2 Å². The average molecular weight is 319 g/mol. The van der Waals surface area contributed by atoms with Gasteiger partial charge >= 0.3 is 0 Å². The molecular weight excluding hydrogens is 298 g/mol. The Morgan fingerprint density at radius 2 is 1.95 bits per heavy atom. The predicted molar refractivity (Wildman–Crippen MR) is 91.4 cm³/mol. The zero-order valence-electron chi connectivity index (χ0n) is 12.9. The number of morpholine rings is 1. The van der Waals surface area contributed by atoms with Crippen LogP contribution in [0.15, 0.2) is 24.3 Å². The van der Waals surface area contributed by atoms with Crippen LogP contribution in [0.4, 0.5) is 11.6 Å². The number of pyridine rings is 1. The molecule has 1 fully saturated rings. The average Bonchev–Trinajstić information content (AvgIpc) is 2.57. The van der Waals surface area contributed by atoms with Crippen LogP contribution in [0.1, 0.15) is 13.8 Å². The number of nitrogens with two attached hydrogens (primary N) is 1. The monoisotopic (exact) mass is 319 g/mol. The highest BCUT2D eigenvalue weighted by Gasteiger charge is 2.13. The summed E-state index contributed by atoms with van der Waals surface area (Å²) in [4.78, 5) is 13.8. The number of aromatic nitrogens is 3. The summed E-state index contributed by atoms with van der Waals surface area (Å²) in [5.41, 5.74) is 7.30. The van der Waals surface area contributed by atoms with Gasteiger partial charge in [0.1, 0.15) is 11.6 Å². The molecule has 118 valence electrons. The van der Waals surface area contributed by atoms with Crippen LogP contribution in [0, 0.1) is 4.77 Å². The number of nitrogen functional groups attached to an aromatic ring is 1. The van der Waals surface area contributed by atoms with Crippen LogP contribution in [0.2, 0.25) is 0 Å². The van der Waals surface area contributed by atoms with Crippen molar-refractivity contribution in [2.45, 2.75) is 13.8 Å². The number of rotatable bonds is 2. The Morgan fingerprint density at radius 3 is 2.64 bits per heavy atom. The topological polar surface area (TPSA) is 80.1 Å². The number of anilines is 2.